The SMILES string of the molecule is CN(C(=O)[C@@H](N)C(C)(C)C)C1CCCN(C(=O)c2cccs2)CCC1. The highest BCUT2D eigenvalue weighted by atomic mass is 32.1. The van der Waals surface area contributed by atoms with Crippen molar-refractivity contribution in [3.63, 3.8) is 0 Å². The van der Waals surface area contributed by atoms with Crippen LogP contribution in [0.5, 0.6) is 0 Å². The van der Waals surface area contributed by atoms with Gasteiger partial charge in [-0.25, -0.2) is 0 Å². The van der Waals surface area contributed by atoms with Crippen molar-refractivity contribution in [3.8, 4) is 0 Å². The average molecular weight is 366 g/mol. The summed E-state index contributed by atoms with van der Waals surface area (Å²) in [4.78, 5) is 29.8. The summed E-state index contributed by atoms with van der Waals surface area (Å²) in [6.45, 7) is 7.49. The standard InChI is InChI=1S/C19H31N3O2S/c1-19(2,3)16(20)18(24)21(4)14-8-5-11-22(12-6-9-14)17(23)15-10-7-13-25-15/h7,10,13-14,16H,5-6,8-9,11-12,20H2,1-4H3/t16-/m1/s1. The molecule has 1 aromatic heterocycles. The fourth-order valence-electron chi connectivity index (χ4n) is 3.21. The monoisotopic (exact) mass is 365 g/mol. The first kappa shape index (κ1) is 19.9. The highest BCUT2D eigenvalue weighted by Crippen LogP contribution is 2.23. The van der Waals surface area contributed by atoms with E-state index in [1.807, 2.05) is 55.1 Å². The molecule has 0 aliphatic carbocycles. The zero-order valence-corrected chi connectivity index (χ0v) is 16.6. The van der Waals surface area contributed by atoms with Gasteiger partial charge in [0, 0.05) is 26.2 Å². The molecule has 2 N–H and O–H groups in total. The third kappa shape index (κ3) is 5.05. The second-order valence-electron chi connectivity index (χ2n) is 8.00. The van der Waals surface area contributed by atoms with Crippen molar-refractivity contribution >= 4 is 23.2 Å². The molecule has 2 amide bonds. The molecule has 140 valence electrons. The Morgan fingerprint density at radius 1 is 1.28 bits per heavy atom. The van der Waals surface area contributed by atoms with Gasteiger partial charge in [0.25, 0.3) is 5.91 Å². The minimum absolute atomic E-state index is 0.0181. The van der Waals surface area contributed by atoms with Gasteiger partial charge in [-0.1, -0.05) is 26.8 Å². The minimum atomic E-state index is -0.486. The molecule has 2 rings (SSSR count). The molecular weight excluding hydrogens is 334 g/mol. The Balaban J connectivity index is 1.92. The molecule has 6 heteroatoms. The topological polar surface area (TPSA) is 66.6 Å². The number of thiophene rings is 1. The molecule has 0 radical (unpaired) electrons. The summed E-state index contributed by atoms with van der Waals surface area (Å²) in [6, 6.07) is 3.52. The Bertz CT molecular complexity index is 570. The number of nitrogens with zero attached hydrogens (tertiary/aromatic N) is 2. The summed E-state index contributed by atoms with van der Waals surface area (Å²) >= 11 is 1.49. The Labute approximate surface area is 155 Å². The van der Waals surface area contributed by atoms with E-state index in [1.54, 1.807) is 0 Å². The molecule has 0 aromatic carbocycles. The van der Waals surface area contributed by atoms with Crippen LogP contribution in [0, 0.1) is 5.41 Å². The van der Waals surface area contributed by atoms with Crippen molar-refractivity contribution in [3.05, 3.63) is 22.4 Å². The van der Waals surface area contributed by atoms with Crippen molar-refractivity contribution in [2.45, 2.75) is 58.5 Å². The molecule has 1 aliphatic rings. The minimum Gasteiger partial charge on any atom is -0.341 e. The van der Waals surface area contributed by atoms with Crippen molar-refractivity contribution < 1.29 is 9.59 Å². The summed E-state index contributed by atoms with van der Waals surface area (Å²) in [5.74, 6) is 0.150. The van der Waals surface area contributed by atoms with Crippen molar-refractivity contribution in [1.82, 2.24) is 9.80 Å². The molecule has 2 heterocycles. The predicted molar refractivity (Wildman–Crippen MR) is 103 cm³/mol. The summed E-state index contributed by atoms with van der Waals surface area (Å²) in [5.41, 5.74) is 5.91. The van der Waals surface area contributed by atoms with Crippen LogP contribution in [0.2, 0.25) is 0 Å². The van der Waals surface area contributed by atoms with E-state index in [2.05, 4.69) is 0 Å². The van der Waals surface area contributed by atoms with E-state index in [0.29, 0.717) is 0 Å². The summed E-state index contributed by atoms with van der Waals surface area (Å²) in [5, 5.41) is 1.94. The van der Waals surface area contributed by atoms with Crippen LogP contribution in [0.4, 0.5) is 0 Å². The van der Waals surface area contributed by atoms with Gasteiger partial charge in [-0.2, -0.15) is 0 Å². The normalized spacial score (nSPS) is 18.4. The number of amides is 2. The first-order valence-corrected chi connectivity index (χ1v) is 9.95. The van der Waals surface area contributed by atoms with Gasteiger partial charge in [-0.15, -0.1) is 11.3 Å². The maximum atomic E-state index is 12.7. The quantitative estimate of drug-likeness (QED) is 0.895. The van der Waals surface area contributed by atoms with Crippen LogP contribution in [0.25, 0.3) is 0 Å². The van der Waals surface area contributed by atoms with Crippen LogP contribution < -0.4 is 5.73 Å². The lowest BCUT2D eigenvalue weighted by Crippen LogP contribution is -2.52. The van der Waals surface area contributed by atoms with E-state index in [0.717, 1.165) is 43.6 Å². The number of carbonyl (C=O) groups excluding carboxylic acids is 2. The molecule has 1 aliphatic heterocycles. The number of carbonyl (C=O) groups is 2. The van der Waals surface area contributed by atoms with E-state index >= 15 is 0 Å². The van der Waals surface area contributed by atoms with Crippen LogP contribution in [-0.2, 0) is 4.79 Å². The maximum Gasteiger partial charge on any atom is 0.263 e. The fourth-order valence-corrected chi connectivity index (χ4v) is 3.90. The molecule has 1 aromatic rings. The van der Waals surface area contributed by atoms with Crippen LogP contribution in [-0.4, -0.2) is 53.8 Å². The lowest BCUT2D eigenvalue weighted by atomic mass is 9.86. The molecule has 0 bridgehead atoms. The lowest BCUT2D eigenvalue weighted by molar-refractivity contribution is -0.136. The van der Waals surface area contributed by atoms with E-state index < -0.39 is 6.04 Å². The smallest absolute Gasteiger partial charge is 0.263 e. The van der Waals surface area contributed by atoms with Gasteiger partial charge < -0.3 is 15.5 Å². The fraction of sp³-hybridized carbons (Fsp3) is 0.684. The highest BCUT2D eigenvalue weighted by Gasteiger charge is 2.32. The van der Waals surface area contributed by atoms with Gasteiger partial charge in [0.15, 0.2) is 0 Å². The van der Waals surface area contributed by atoms with Gasteiger partial charge in [-0.05, 0) is 42.5 Å². The van der Waals surface area contributed by atoms with Crippen molar-refractivity contribution in [2.24, 2.45) is 11.1 Å². The third-order valence-corrected chi connectivity index (χ3v) is 5.90. The van der Waals surface area contributed by atoms with Gasteiger partial charge in [-0.3, -0.25) is 9.59 Å². The number of likely N-dealkylation sites (N-methyl/N-ethyl adjacent to an activating group) is 1. The maximum absolute atomic E-state index is 12.7. The third-order valence-electron chi connectivity index (χ3n) is 5.04. The molecule has 1 saturated heterocycles. The Kier molecular flexibility index (Phi) is 6.63. The van der Waals surface area contributed by atoms with E-state index in [9.17, 15) is 9.59 Å². The number of hydrogen-bond donors (Lipinski definition) is 1. The van der Waals surface area contributed by atoms with Crippen molar-refractivity contribution in [1.29, 1.82) is 0 Å². The first-order valence-electron chi connectivity index (χ1n) is 9.07. The second kappa shape index (κ2) is 8.32. The predicted octanol–water partition coefficient (Wildman–Crippen LogP) is 2.96. The van der Waals surface area contributed by atoms with Crippen LogP contribution in [0.3, 0.4) is 0 Å². The molecule has 25 heavy (non-hydrogen) atoms. The Hall–Kier alpha value is -1.40. The molecule has 1 atom stereocenters. The second-order valence-corrected chi connectivity index (χ2v) is 8.95. The summed E-state index contributed by atoms with van der Waals surface area (Å²) in [7, 11) is 1.87. The molecular formula is C19H31N3O2S. The van der Waals surface area contributed by atoms with Gasteiger partial charge >= 0.3 is 0 Å². The van der Waals surface area contributed by atoms with Gasteiger partial charge in [0.05, 0.1) is 10.9 Å². The highest BCUT2D eigenvalue weighted by molar-refractivity contribution is 7.12. The largest absolute Gasteiger partial charge is 0.341 e. The van der Waals surface area contributed by atoms with Crippen molar-refractivity contribution in [2.75, 3.05) is 20.1 Å². The number of nitrogens with two attached hydrogens (primary N) is 1. The van der Waals surface area contributed by atoms with Crippen LogP contribution in [0.1, 0.15) is 56.1 Å². The Morgan fingerprint density at radius 3 is 2.36 bits per heavy atom. The lowest BCUT2D eigenvalue weighted by Gasteiger charge is -2.36. The van der Waals surface area contributed by atoms with Crippen LogP contribution >= 0.6 is 11.3 Å². The zero-order valence-electron chi connectivity index (χ0n) is 15.8. The first-order chi connectivity index (χ1) is 11.7. The number of hydrogen-bond acceptors (Lipinski definition) is 4. The number of rotatable bonds is 3. The van der Waals surface area contributed by atoms with Gasteiger partial charge in [0.2, 0.25) is 5.91 Å². The average Bonchev–Trinajstić information content (AvgIpc) is 3.05. The van der Waals surface area contributed by atoms with E-state index in [-0.39, 0.29) is 23.3 Å². The molecule has 0 spiro atoms. The molecule has 5 nitrogen and oxygen atoms in total. The number of likely N-dealkylation sites (tertiary alicyclic amines) is 1. The van der Waals surface area contributed by atoms with Crippen LogP contribution in [0.15, 0.2) is 17.5 Å². The van der Waals surface area contributed by atoms with Gasteiger partial charge in [0.1, 0.15) is 0 Å². The summed E-state index contributed by atoms with van der Waals surface area (Å²) in [6.07, 6.45) is 3.63. The van der Waals surface area contributed by atoms with E-state index in [1.165, 1.54) is 11.3 Å². The molecule has 0 unspecified atom stereocenters. The van der Waals surface area contributed by atoms with E-state index in [4.69, 9.17) is 5.73 Å². The Morgan fingerprint density at radius 2 is 1.88 bits per heavy atom. The summed E-state index contributed by atoms with van der Waals surface area (Å²) < 4.78 is 0. The molecule has 0 saturated carbocycles. The molecule has 1 fully saturated rings. The zero-order chi connectivity index (χ0) is 18.6.